The van der Waals surface area contributed by atoms with Gasteiger partial charge >= 0.3 is 0 Å². The Morgan fingerprint density at radius 1 is 1.39 bits per heavy atom. The average Bonchev–Trinajstić information content (AvgIpc) is 2.67. The SMILES string of the molecule is CC(OCn1cnc2ccc(I)cc21)[Si](C)(C)C. The van der Waals surface area contributed by atoms with Gasteiger partial charge < -0.3 is 9.30 Å². The molecule has 0 aliphatic carbocycles. The predicted molar refractivity (Wildman–Crippen MR) is 86.3 cm³/mol. The first-order valence-corrected chi connectivity index (χ1v) is 10.8. The fourth-order valence-electron chi connectivity index (χ4n) is 1.57. The van der Waals surface area contributed by atoms with Gasteiger partial charge in [0.2, 0.25) is 0 Å². The Morgan fingerprint density at radius 3 is 2.78 bits per heavy atom. The fourth-order valence-corrected chi connectivity index (χ4v) is 2.62. The number of halogens is 1. The van der Waals surface area contributed by atoms with Crippen LogP contribution in [0, 0.1) is 3.57 Å². The molecule has 0 saturated carbocycles. The van der Waals surface area contributed by atoms with E-state index in [9.17, 15) is 0 Å². The van der Waals surface area contributed by atoms with E-state index in [1.165, 1.54) is 3.57 Å². The number of nitrogens with zero attached hydrogens (tertiary/aromatic N) is 2. The molecule has 98 valence electrons. The van der Waals surface area contributed by atoms with Crippen molar-refractivity contribution in [2.75, 3.05) is 0 Å². The molecule has 0 radical (unpaired) electrons. The van der Waals surface area contributed by atoms with E-state index >= 15 is 0 Å². The average molecular weight is 374 g/mol. The molecule has 0 fully saturated rings. The van der Waals surface area contributed by atoms with E-state index in [2.05, 4.69) is 76.9 Å². The highest BCUT2D eigenvalue weighted by Crippen LogP contribution is 2.18. The molecule has 0 amide bonds. The third-order valence-electron chi connectivity index (χ3n) is 3.27. The lowest BCUT2D eigenvalue weighted by molar-refractivity contribution is 0.0589. The van der Waals surface area contributed by atoms with E-state index in [1.807, 2.05) is 6.33 Å². The van der Waals surface area contributed by atoms with Crippen LogP contribution in [0.5, 0.6) is 0 Å². The van der Waals surface area contributed by atoms with Crippen LogP contribution in [0.25, 0.3) is 11.0 Å². The quantitative estimate of drug-likeness (QED) is 0.600. The van der Waals surface area contributed by atoms with Gasteiger partial charge in [-0.3, -0.25) is 0 Å². The molecule has 5 heteroatoms. The number of rotatable bonds is 4. The van der Waals surface area contributed by atoms with E-state index in [4.69, 9.17) is 4.74 Å². The molecule has 0 aliphatic rings. The number of imidazole rings is 1. The van der Waals surface area contributed by atoms with Crippen LogP contribution in [0.3, 0.4) is 0 Å². The molecule has 0 saturated heterocycles. The highest BCUT2D eigenvalue weighted by Gasteiger charge is 2.23. The second-order valence-corrected chi connectivity index (χ2v) is 12.4. The summed E-state index contributed by atoms with van der Waals surface area (Å²) in [5.74, 6) is 0. The largest absolute Gasteiger partial charge is 0.361 e. The summed E-state index contributed by atoms with van der Waals surface area (Å²) >= 11 is 2.32. The minimum Gasteiger partial charge on any atom is -0.361 e. The predicted octanol–water partition coefficient (Wildman–Crippen LogP) is 3.88. The zero-order valence-electron chi connectivity index (χ0n) is 11.3. The summed E-state index contributed by atoms with van der Waals surface area (Å²) in [4.78, 5) is 4.39. The monoisotopic (exact) mass is 374 g/mol. The van der Waals surface area contributed by atoms with Gasteiger partial charge in [-0.2, -0.15) is 0 Å². The molecule has 2 aromatic rings. The second kappa shape index (κ2) is 5.30. The van der Waals surface area contributed by atoms with Crippen LogP contribution < -0.4 is 0 Å². The molecule has 0 aliphatic heterocycles. The summed E-state index contributed by atoms with van der Waals surface area (Å²) < 4.78 is 9.28. The van der Waals surface area contributed by atoms with Crippen molar-refractivity contribution >= 4 is 41.7 Å². The van der Waals surface area contributed by atoms with Crippen molar-refractivity contribution in [3.05, 3.63) is 28.1 Å². The van der Waals surface area contributed by atoms with Crippen LogP contribution in [0.4, 0.5) is 0 Å². The van der Waals surface area contributed by atoms with Crippen molar-refractivity contribution in [2.45, 2.75) is 39.0 Å². The molecule has 1 aromatic heterocycles. The number of hydrogen-bond acceptors (Lipinski definition) is 2. The van der Waals surface area contributed by atoms with Crippen LogP contribution in [0.1, 0.15) is 6.92 Å². The molecular formula is C13H19IN2OSi. The fraction of sp³-hybridized carbons (Fsp3) is 0.462. The van der Waals surface area contributed by atoms with Crippen molar-refractivity contribution in [3.63, 3.8) is 0 Å². The highest BCUT2D eigenvalue weighted by atomic mass is 127. The molecule has 0 bridgehead atoms. The number of hydrogen-bond donors (Lipinski definition) is 0. The summed E-state index contributed by atoms with van der Waals surface area (Å²) in [5.41, 5.74) is 2.52. The Morgan fingerprint density at radius 2 is 2.11 bits per heavy atom. The van der Waals surface area contributed by atoms with Gasteiger partial charge in [0.15, 0.2) is 0 Å². The van der Waals surface area contributed by atoms with E-state index in [-0.39, 0.29) is 0 Å². The maximum Gasteiger partial charge on any atom is 0.124 e. The van der Waals surface area contributed by atoms with Crippen molar-refractivity contribution in [1.29, 1.82) is 0 Å². The summed E-state index contributed by atoms with van der Waals surface area (Å²) in [5, 5.41) is 0. The first-order valence-electron chi connectivity index (χ1n) is 6.10. The van der Waals surface area contributed by atoms with Crippen molar-refractivity contribution in [3.8, 4) is 0 Å². The molecule has 1 atom stereocenters. The summed E-state index contributed by atoms with van der Waals surface area (Å²) in [6.07, 6.45) is 1.86. The lowest BCUT2D eigenvalue weighted by Crippen LogP contribution is -2.38. The van der Waals surface area contributed by atoms with Gasteiger partial charge in [0.25, 0.3) is 0 Å². The van der Waals surface area contributed by atoms with Crippen LogP contribution in [-0.4, -0.2) is 23.4 Å². The zero-order valence-corrected chi connectivity index (χ0v) is 14.4. The van der Waals surface area contributed by atoms with Gasteiger partial charge in [-0.1, -0.05) is 19.6 Å². The smallest absolute Gasteiger partial charge is 0.124 e. The Bertz CT molecular complexity index is 547. The normalized spacial score (nSPS) is 14.1. The van der Waals surface area contributed by atoms with Crippen molar-refractivity contribution < 1.29 is 4.74 Å². The second-order valence-electron chi connectivity index (χ2n) is 5.65. The van der Waals surface area contributed by atoms with Gasteiger partial charge in [0, 0.05) is 9.30 Å². The van der Waals surface area contributed by atoms with Gasteiger partial charge in [0.05, 0.1) is 25.4 Å². The van der Waals surface area contributed by atoms with E-state index < -0.39 is 8.07 Å². The van der Waals surface area contributed by atoms with E-state index in [1.54, 1.807) is 0 Å². The number of benzene rings is 1. The standard InChI is InChI=1S/C13H19IN2OSi/c1-10(18(2,3)4)17-9-16-8-15-12-6-5-11(14)7-13(12)16/h5-8,10H,9H2,1-4H3. The first kappa shape index (κ1) is 14.0. The van der Waals surface area contributed by atoms with Crippen LogP contribution >= 0.6 is 22.6 Å². The molecule has 18 heavy (non-hydrogen) atoms. The van der Waals surface area contributed by atoms with Crippen molar-refractivity contribution in [2.24, 2.45) is 0 Å². The third-order valence-corrected chi connectivity index (χ3v) is 6.54. The maximum atomic E-state index is 5.98. The molecule has 1 heterocycles. The lowest BCUT2D eigenvalue weighted by Gasteiger charge is -2.25. The Hall–Kier alpha value is -0.403. The zero-order chi connectivity index (χ0) is 13.3. The Kier molecular flexibility index (Phi) is 4.13. The number of ether oxygens (including phenoxy) is 1. The van der Waals surface area contributed by atoms with E-state index in [0.717, 1.165) is 11.0 Å². The van der Waals surface area contributed by atoms with E-state index in [0.29, 0.717) is 12.5 Å². The molecule has 0 spiro atoms. The topological polar surface area (TPSA) is 27.1 Å². The highest BCUT2D eigenvalue weighted by molar-refractivity contribution is 14.1. The van der Waals surface area contributed by atoms with Crippen LogP contribution in [-0.2, 0) is 11.5 Å². The summed E-state index contributed by atoms with van der Waals surface area (Å²) in [6.45, 7) is 9.74. The minimum absolute atomic E-state index is 0.345. The molecular weight excluding hydrogens is 355 g/mol. The van der Waals surface area contributed by atoms with Gasteiger partial charge in [-0.15, -0.1) is 0 Å². The summed E-state index contributed by atoms with van der Waals surface area (Å²) in [6, 6.07) is 6.27. The molecule has 1 aromatic carbocycles. The maximum absolute atomic E-state index is 5.98. The Balaban J connectivity index is 2.15. The number of aromatic nitrogens is 2. The van der Waals surface area contributed by atoms with Gasteiger partial charge in [-0.05, 0) is 47.7 Å². The van der Waals surface area contributed by atoms with Crippen molar-refractivity contribution in [1.82, 2.24) is 9.55 Å². The first-order chi connectivity index (χ1) is 8.38. The minimum atomic E-state index is -1.23. The van der Waals surface area contributed by atoms with Gasteiger partial charge in [-0.25, -0.2) is 4.98 Å². The molecule has 0 N–H and O–H groups in total. The van der Waals surface area contributed by atoms with Crippen LogP contribution in [0.2, 0.25) is 19.6 Å². The molecule has 2 rings (SSSR count). The molecule has 3 nitrogen and oxygen atoms in total. The third kappa shape index (κ3) is 3.13. The van der Waals surface area contributed by atoms with Crippen LogP contribution in [0.15, 0.2) is 24.5 Å². The number of fused-ring (bicyclic) bond motifs is 1. The Labute approximate surface area is 123 Å². The van der Waals surface area contributed by atoms with Gasteiger partial charge in [0.1, 0.15) is 6.73 Å². The summed E-state index contributed by atoms with van der Waals surface area (Å²) in [7, 11) is -1.23. The molecule has 1 unspecified atom stereocenters. The lowest BCUT2D eigenvalue weighted by atomic mass is 10.3.